The van der Waals surface area contributed by atoms with E-state index in [2.05, 4.69) is 55.6 Å². The summed E-state index contributed by atoms with van der Waals surface area (Å²) in [6.45, 7) is 4.68. The van der Waals surface area contributed by atoms with Crippen molar-refractivity contribution in [2.45, 2.75) is 148 Å². The van der Waals surface area contributed by atoms with Crippen LogP contribution in [0.5, 0.6) is 0 Å². The molecule has 0 aliphatic rings. The van der Waals surface area contributed by atoms with Crippen LogP contribution in [0.3, 0.4) is 0 Å². The first-order valence-corrected chi connectivity index (χ1v) is 20.0. The summed E-state index contributed by atoms with van der Waals surface area (Å²) in [5, 5.41) is 13.6. The Bertz CT molecular complexity index is 912. The third-order valence-electron chi connectivity index (χ3n) is 7.75. The second-order valence-corrected chi connectivity index (χ2v) is 15.0. The van der Waals surface area contributed by atoms with Crippen LogP contribution < -0.4 is 5.32 Å². The molecule has 0 radical (unpaired) electrons. The molecule has 0 aliphatic carbocycles. The monoisotopic (exact) mass is 684 g/mol. The number of likely N-dealkylation sites (N-methyl/N-ethyl adjacent to an activating group) is 1. The van der Waals surface area contributed by atoms with Crippen LogP contribution in [-0.2, 0) is 18.4 Å². The van der Waals surface area contributed by atoms with Crippen molar-refractivity contribution < 1.29 is 32.9 Å². The highest BCUT2D eigenvalue weighted by atomic mass is 31.2. The number of aliphatic hydroxyl groups is 1. The van der Waals surface area contributed by atoms with Crippen LogP contribution in [0.1, 0.15) is 136 Å². The highest BCUT2D eigenvalue weighted by Gasteiger charge is 2.27. The number of amides is 1. The lowest BCUT2D eigenvalue weighted by atomic mass is 10.1. The largest absolute Gasteiger partial charge is 0.472 e. The molecule has 3 unspecified atom stereocenters. The summed E-state index contributed by atoms with van der Waals surface area (Å²) in [6, 6.07) is -0.881. The molecule has 8 nitrogen and oxygen atoms in total. The van der Waals surface area contributed by atoms with Crippen molar-refractivity contribution in [3.05, 3.63) is 48.6 Å². The summed E-state index contributed by atoms with van der Waals surface area (Å²) in [6.07, 6.45) is 36.2. The van der Waals surface area contributed by atoms with Crippen LogP contribution in [0, 0.1) is 0 Å². The van der Waals surface area contributed by atoms with E-state index in [1.165, 1.54) is 70.6 Å². The van der Waals surface area contributed by atoms with Crippen molar-refractivity contribution in [2.24, 2.45) is 0 Å². The van der Waals surface area contributed by atoms with Crippen LogP contribution in [0.25, 0.3) is 0 Å². The molecule has 9 heteroatoms. The van der Waals surface area contributed by atoms with Crippen molar-refractivity contribution in [1.29, 1.82) is 0 Å². The maximum atomic E-state index is 12.7. The zero-order chi connectivity index (χ0) is 35.1. The SMILES string of the molecule is CCCCCC/C=C\CCCC(=O)NC(COP(=O)(O)OCC[N+](C)(C)C)C(O)/C=C/CC/C=C/CC/C=C/CCCCCCCC. The number of allylic oxidation sites excluding steroid dienone is 7. The topological polar surface area (TPSA) is 105 Å². The van der Waals surface area contributed by atoms with E-state index in [0.717, 1.165) is 38.5 Å². The number of nitrogens with zero attached hydrogens (tertiary/aromatic N) is 1. The highest BCUT2D eigenvalue weighted by molar-refractivity contribution is 7.47. The molecular weight excluding hydrogens is 611 g/mol. The molecule has 0 aromatic heterocycles. The van der Waals surface area contributed by atoms with Crippen LogP contribution in [0.2, 0.25) is 0 Å². The minimum Gasteiger partial charge on any atom is -0.387 e. The van der Waals surface area contributed by atoms with Gasteiger partial charge in [-0.1, -0.05) is 114 Å². The number of nitrogens with one attached hydrogen (secondary N) is 1. The average Bonchev–Trinajstić information content (AvgIpc) is 3.01. The van der Waals surface area contributed by atoms with Gasteiger partial charge in [0.05, 0.1) is 39.9 Å². The lowest BCUT2D eigenvalue weighted by Crippen LogP contribution is -2.45. The number of carbonyl (C=O) groups is 1. The number of unbranched alkanes of at least 4 members (excludes halogenated alkanes) is 13. The van der Waals surface area contributed by atoms with Gasteiger partial charge in [-0.05, 0) is 64.2 Å². The fraction of sp³-hybridized carbons (Fsp3) is 0.763. The number of quaternary nitrogens is 1. The Morgan fingerprint density at radius 2 is 1.17 bits per heavy atom. The fourth-order valence-corrected chi connectivity index (χ4v) is 5.46. The molecule has 0 aliphatic heterocycles. The van der Waals surface area contributed by atoms with E-state index in [1.54, 1.807) is 6.08 Å². The lowest BCUT2D eigenvalue weighted by molar-refractivity contribution is -0.870. The van der Waals surface area contributed by atoms with Gasteiger partial charge in [0.25, 0.3) is 0 Å². The Morgan fingerprint density at radius 1 is 0.702 bits per heavy atom. The van der Waals surface area contributed by atoms with E-state index in [0.29, 0.717) is 23.9 Å². The van der Waals surface area contributed by atoms with E-state index >= 15 is 0 Å². The summed E-state index contributed by atoms with van der Waals surface area (Å²) in [4.78, 5) is 22.9. The molecular formula is C38H72N2O6P+. The van der Waals surface area contributed by atoms with E-state index in [-0.39, 0.29) is 19.1 Å². The maximum Gasteiger partial charge on any atom is 0.472 e. The molecule has 0 saturated heterocycles. The van der Waals surface area contributed by atoms with Gasteiger partial charge in [0.1, 0.15) is 13.2 Å². The summed E-state index contributed by atoms with van der Waals surface area (Å²) < 4.78 is 23.3. The Kier molecular flexibility index (Phi) is 29.5. The van der Waals surface area contributed by atoms with Gasteiger partial charge < -0.3 is 19.8 Å². The first-order chi connectivity index (χ1) is 22.5. The molecule has 0 heterocycles. The molecule has 3 N–H and O–H groups in total. The zero-order valence-electron chi connectivity index (χ0n) is 30.8. The Hall–Kier alpha value is -1.54. The Labute approximate surface area is 289 Å². The molecule has 274 valence electrons. The second kappa shape index (κ2) is 30.5. The number of phosphoric acid groups is 1. The van der Waals surface area contributed by atoms with E-state index in [4.69, 9.17) is 9.05 Å². The minimum atomic E-state index is -4.34. The lowest BCUT2D eigenvalue weighted by Gasteiger charge is -2.25. The fourth-order valence-electron chi connectivity index (χ4n) is 4.72. The second-order valence-electron chi connectivity index (χ2n) is 13.6. The number of carbonyl (C=O) groups excluding carboxylic acids is 1. The van der Waals surface area contributed by atoms with Crippen LogP contribution in [-0.4, -0.2) is 73.4 Å². The molecule has 47 heavy (non-hydrogen) atoms. The summed E-state index contributed by atoms with van der Waals surface area (Å²) >= 11 is 0. The van der Waals surface area contributed by atoms with Gasteiger partial charge in [-0.15, -0.1) is 0 Å². The van der Waals surface area contributed by atoms with Gasteiger partial charge in [0, 0.05) is 6.42 Å². The van der Waals surface area contributed by atoms with Crippen LogP contribution in [0.15, 0.2) is 48.6 Å². The van der Waals surface area contributed by atoms with E-state index in [1.807, 2.05) is 27.2 Å². The molecule has 3 atom stereocenters. The third kappa shape index (κ3) is 32.8. The minimum absolute atomic E-state index is 0.0475. The van der Waals surface area contributed by atoms with Gasteiger partial charge in [-0.25, -0.2) is 4.57 Å². The number of hydrogen-bond donors (Lipinski definition) is 3. The normalized spacial score (nSPS) is 15.3. The van der Waals surface area contributed by atoms with E-state index < -0.39 is 20.0 Å². The van der Waals surface area contributed by atoms with Crippen molar-refractivity contribution in [3.8, 4) is 0 Å². The van der Waals surface area contributed by atoms with Crippen molar-refractivity contribution in [3.63, 3.8) is 0 Å². The maximum absolute atomic E-state index is 12.7. The predicted octanol–water partition coefficient (Wildman–Crippen LogP) is 9.35. The van der Waals surface area contributed by atoms with Gasteiger partial charge in [0.15, 0.2) is 0 Å². The summed E-state index contributed by atoms with van der Waals surface area (Å²) in [7, 11) is 1.52. The molecule has 0 spiro atoms. The first kappa shape index (κ1) is 45.5. The third-order valence-corrected chi connectivity index (χ3v) is 8.73. The van der Waals surface area contributed by atoms with Crippen molar-refractivity contribution in [1.82, 2.24) is 5.32 Å². The molecule has 0 aromatic rings. The highest BCUT2D eigenvalue weighted by Crippen LogP contribution is 2.43. The smallest absolute Gasteiger partial charge is 0.387 e. The standard InChI is InChI=1S/C38H71N2O6P/c1-6-8-10-12-14-16-17-18-19-20-21-22-24-25-27-29-31-37(41)36(35-46-47(43,44)45-34-33-40(3,4)5)39-38(42)32-30-28-26-23-15-13-11-9-7-2/h18-19,22-24,26,29,31,36-37,41H,6-17,20-21,25,27-28,30,32-35H2,1-5H3,(H-,39,42,43,44)/p+1/b19-18+,24-22+,26-23-,31-29+. The molecule has 0 fully saturated rings. The Balaban J connectivity index is 4.67. The van der Waals surface area contributed by atoms with Gasteiger partial charge in [-0.2, -0.15) is 0 Å². The van der Waals surface area contributed by atoms with Crippen LogP contribution in [0.4, 0.5) is 0 Å². The zero-order valence-corrected chi connectivity index (χ0v) is 31.6. The van der Waals surface area contributed by atoms with Crippen molar-refractivity contribution in [2.75, 3.05) is 40.9 Å². The first-order valence-electron chi connectivity index (χ1n) is 18.5. The summed E-state index contributed by atoms with van der Waals surface area (Å²) in [5.41, 5.74) is 0. The quantitative estimate of drug-likeness (QED) is 0.0283. The predicted molar refractivity (Wildman–Crippen MR) is 198 cm³/mol. The molecule has 0 rings (SSSR count). The molecule has 0 aromatic carbocycles. The number of hydrogen-bond acceptors (Lipinski definition) is 5. The van der Waals surface area contributed by atoms with E-state index in [9.17, 15) is 19.4 Å². The molecule has 0 bridgehead atoms. The number of phosphoric ester groups is 1. The summed E-state index contributed by atoms with van der Waals surface area (Å²) in [5.74, 6) is -0.231. The Morgan fingerprint density at radius 3 is 1.72 bits per heavy atom. The number of aliphatic hydroxyl groups excluding tert-OH is 1. The van der Waals surface area contributed by atoms with Gasteiger partial charge in [0.2, 0.25) is 5.91 Å². The van der Waals surface area contributed by atoms with Gasteiger partial charge >= 0.3 is 7.82 Å². The average molecular weight is 684 g/mol. The number of rotatable bonds is 32. The molecule has 0 saturated carbocycles. The molecule has 1 amide bonds. The van der Waals surface area contributed by atoms with Crippen LogP contribution >= 0.6 is 7.82 Å². The van der Waals surface area contributed by atoms with Crippen molar-refractivity contribution >= 4 is 13.7 Å². The van der Waals surface area contributed by atoms with Gasteiger partial charge in [-0.3, -0.25) is 13.8 Å².